The Hall–Kier alpha value is -1.84. The fraction of sp³-hybridized carbons (Fsp3) is 0.529. The van der Waals surface area contributed by atoms with E-state index in [1.807, 2.05) is 11.0 Å². The Labute approximate surface area is 125 Å². The fourth-order valence-corrected chi connectivity index (χ4v) is 2.86. The third-order valence-electron chi connectivity index (χ3n) is 4.23. The van der Waals surface area contributed by atoms with Crippen molar-refractivity contribution in [3.05, 3.63) is 35.4 Å². The van der Waals surface area contributed by atoms with Gasteiger partial charge in [-0.2, -0.15) is 0 Å². The predicted octanol–water partition coefficient (Wildman–Crippen LogP) is 2.97. The van der Waals surface area contributed by atoms with Gasteiger partial charge in [-0.05, 0) is 43.2 Å². The van der Waals surface area contributed by atoms with Crippen LogP contribution in [0, 0.1) is 5.92 Å². The largest absolute Gasteiger partial charge is 0.478 e. The maximum absolute atomic E-state index is 12.3. The number of aryl methyl sites for hydroxylation is 1. The number of carboxylic acids is 1. The van der Waals surface area contributed by atoms with E-state index in [1.54, 1.807) is 18.2 Å². The quantitative estimate of drug-likeness (QED) is 0.927. The molecular formula is C17H23NO3. The zero-order valence-corrected chi connectivity index (χ0v) is 12.5. The molecule has 1 aliphatic heterocycles. The second-order valence-corrected chi connectivity index (χ2v) is 5.88. The number of aromatic carboxylic acids is 1. The van der Waals surface area contributed by atoms with Crippen molar-refractivity contribution in [2.75, 3.05) is 13.1 Å². The first-order valence-electron chi connectivity index (χ1n) is 7.67. The van der Waals surface area contributed by atoms with Crippen molar-refractivity contribution >= 4 is 11.9 Å². The van der Waals surface area contributed by atoms with Gasteiger partial charge in [0.1, 0.15) is 0 Å². The Morgan fingerprint density at radius 3 is 2.76 bits per heavy atom. The molecule has 114 valence electrons. The molecule has 0 saturated carbocycles. The minimum absolute atomic E-state index is 0.143. The second kappa shape index (κ2) is 7.25. The highest BCUT2D eigenvalue weighted by Gasteiger charge is 2.19. The summed E-state index contributed by atoms with van der Waals surface area (Å²) in [4.78, 5) is 25.4. The zero-order chi connectivity index (χ0) is 15.2. The molecule has 1 N–H and O–H groups in total. The molecule has 1 heterocycles. The summed E-state index contributed by atoms with van der Waals surface area (Å²) in [5, 5.41) is 9.15. The SMILES string of the molecule is CC1CCCN(C(=O)CCc2ccccc2C(=O)O)CC1. The van der Waals surface area contributed by atoms with Crippen molar-refractivity contribution in [2.45, 2.75) is 39.0 Å². The molecule has 1 saturated heterocycles. The Kier molecular flexibility index (Phi) is 5.37. The van der Waals surface area contributed by atoms with Gasteiger partial charge in [0.05, 0.1) is 5.56 Å². The van der Waals surface area contributed by atoms with Crippen LogP contribution in [0.25, 0.3) is 0 Å². The highest BCUT2D eigenvalue weighted by Crippen LogP contribution is 2.18. The van der Waals surface area contributed by atoms with Crippen LogP contribution in [0.3, 0.4) is 0 Å². The van der Waals surface area contributed by atoms with Gasteiger partial charge in [-0.15, -0.1) is 0 Å². The Morgan fingerprint density at radius 2 is 2.00 bits per heavy atom. The molecule has 1 aromatic carbocycles. The topological polar surface area (TPSA) is 57.6 Å². The molecule has 0 aromatic heterocycles. The van der Waals surface area contributed by atoms with Crippen molar-refractivity contribution in [3.63, 3.8) is 0 Å². The summed E-state index contributed by atoms with van der Waals surface area (Å²) < 4.78 is 0. The van der Waals surface area contributed by atoms with Crippen LogP contribution < -0.4 is 0 Å². The van der Waals surface area contributed by atoms with E-state index in [2.05, 4.69) is 6.92 Å². The number of hydrogen-bond donors (Lipinski definition) is 1. The van der Waals surface area contributed by atoms with E-state index >= 15 is 0 Å². The number of rotatable bonds is 4. The molecule has 4 nitrogen and oxygen atoms in total. The number of carbonyl (C=O) groups is 2. The molecule has 1 atom stereocenters. The number of amides is 1. The van der Waals surface area contributed by atoms with Crippen LogP contribution in [0.2, 0.25) is 0 Å². The van der Waals surface area contributed by atoms with E-state index in [9.17, 15) is 9.59 Å². The molecule has 0 bridgehead atoms. The third kappa shape index (κ3) is 4.31. The summed E-state index contributed by atoms with van der Waals surface area (Å²) in [5.41, 5.74) is 1.04. The molecule has 21 heavy (non-hydrogen) atoms. The molecule has 0 radical (unpaired) electrons. The Morgan fingerprint density at radius 1 is 1.24 bits per heavy atom. The summed E-state index contributed by atoms with van der Waals surface area (Å²) in [6.45, 7) is 3.90. The van der Waals surface area contributed by atoms with E-state index < -0.39 is 5.97 Å². The number of hydrogen-bond acceptors (Lipinski definition) is 2. The van der Waals surface area contributed by atoms with Crippen molar-refractivity contribution < 1.29 is 14.7 Å². The lowest BCUT2D eigenvalue weighted by molar-refractivity contribution is -0.131. The van der Waals surface area contributed by atoms with Gasteiger partial charge in [-0.3, -0.25) is 4.79 Å². The van der Waals surface area contributed by atoms with E-state index in [1.165, 1.54) is 6.42 Å². The molecule has 1 aromatic rings. The van der Waals surface area contributed by atoms with Crippen LogP contribution in [0.1, 0.15) is 48.5 Å². The molecule has 2 rings (SSSR count). The zero-order valence-electron chi connectivity index (χ0n) is 12.5. The van der Waals surface area contributed by atoms with Crippen molar-refractivity contribution in [1.29, 1.82) is 0 Å². The van der Waals surface area contributed by atoms with E-state index in [-0.39, 0.29) is 5.91 Å². The average Bonchev–Trinajstić information content (AvgIpc) is 2.69. The highest BCUT2D eigenvalue weighted by molar-refractivity contribution is 5.89. The van der Waals surface area contributed by atoms with Crippen molar-refractivity contribution in [1.82, 2.24) is 4.90 Å². The summed E-state index contributed by atoms with van der Waals surface area (Å²) >= 11 is 0. The van der Waals surface area contributed by atoms with Crippen LogP contribution in [0.4, 0.5) is 0 Å². The number of nitrogens with zero attached hydrogens (tertiary/aromatic N) is 1. The fourth-order valence-electron chi connectivity index (χ4n) is 2.86. The van der Waals surface area contributed by atoms with Gasteiger partial charge < -0.3 is 10.0 Å². The van der Waals surface area contributed by atoms with Gasteiger partial charge >= 0.3 is 5.97 Å². The highest BCUT2D eigenvalue weighted by atomic mass is 16.4. The lowest BCUT2D eigenvalue weighted by Gasteiger charge is -2.20. The lowest BCUT2D eigenvalue weighted by atomic mass is 10.0. The predicted molar refractivity (Wildman–Crippen MR) is 81.3 cm³/mol. The van der Waals surface area contributed by atoms with Gasteiger partial charge in [0.25, 0.3) is 0 Å². The first kappa shape index (κ1) is 15.5. The molecule has 0 spiro atoms. The monoisotopic (exact) mass is 289 g/mol. The van der Waals surface area contributed by atoms with Crippen LogP contribution in [-0.2, 0) is 11.2 Å². The van der Waals surface area contributed by atoms with Gasteiger partial charge in [-0.25, -0.2) is 4.79 Å². The van der Waals surface area contributed by atoms with E-state index in [0.717, 1.165) is 31.5 Å². The Balaban J connectivity index is 1.93. The second-order valence-electron chi connectivity index (χ2n) is 5.88. The number of carboxylic acid groups (broad SMARTS) is 1. The minimum Gasteiger partial charge on any atom is -0.478 e. The molecule has 1 fully saturated rings. The number of carbonyl (C=O) groups excluding carboxylic acids is 1. The van der Waals surface area contributed by atoms with Crippen LogP contribution in [0.15, 0.2) is 24.3 Å². The van der Waals surface area contributed by atoms with Gasteiger partial charge in [-0.1, -0.05) is 25.1 Å². The normalized spacial score (nSPS) is 19.1. The summed E-state index contributed by atoms with van der Waals surface area (Å²) in [7, 11) is 0. The maximum atomic E-state index is 12.3. The van der Waals surface area contributed by atoms with Gasteiger partial charge in [0.15, 0.2) is 0 Å². The standard InChI is InChI=1S/C17H23NO3/c1-13-5-4-11-18(12-10-13)16(19)9-8-14-6-2-3-7-15(14)17(20)21/h2-3,6-7,13H,4-5,8-12H2,1H3,(H,20,21). The molecule has 4 heteroatoms. The minimum atomic E-state index is -0.929. The van der Waals surface area contributed by atoms with Crippen LogP contribution in [-0.4, -0.2) is 35.0 Å². The van der Waals surface area contributed by atoms with Crippen molar-refractivity contribution in [3.8, 4) is 0 Å². The van der Waals surface area contributed by atoms with Crippen molar-refractivity contribution in [2.24, 2.45) is 5.92 Å². The average molecular weight is 289 g/mol. The molecule has 1 unspecified atom stereocenters. The third-order valence-corrected chi connectivity index (χ3v) is 4.23. The van der Waals surface area contributed by atoms with Gasteiger partial charge in [0, 0.05) is 19.5 Å². The Bertz CT molecular complexity index is 513. The number of likely N-dealkylation sites (tertiary alicyclic amines) is 1. The number of benzene rings is 1. The van der Waals surface area contributed by atoms with E-state index in [4.69, 9.17) is 5.11 Å². The molecule has 0 aliphatic carbocycles. The summed E-state index contributed by atoms with van der Waals surface area (Å²) in [5.74, 6) is -0.0959. The summed E-state index contributed by atoms with van der Waals surface area (Å²) in [6.07, 6.45) is 4.20. The van der Waals surface area contributed by atoms with E-state index in [0.29, 0.717) is 24.3 Å². The van der Waals surface area contributed by atoms with Crippen LogP contribution in [0.5, 0.6) is 0 Å². The molecule has 1 amide bonds. The van der Waals surface area contributed by atoms with Crippen LogP contribution >= 0.6 is 0 Å². The molecule has 1 aliphatic rings. The van der Waals surface area contributed by atoms with Gasteiger partial charge in [0.2, 0.25) is 5.91 Å². The first-order chi connectivity index (χ1) is 10.1. The smallest absolute Gasteiger partial charge is 0.335 e. The molecular weight excluding hydrogens is 266 g/mol. The lowest BCUT2D eigenvalue weighted by Crippen LogP contribution is -2.32. The first-order valence-corrected chi connectivity index (χ1v) is 7.67. The maximum Gasteiger partial charge on any atom is 0.335 e. The summed E-state index contributed by atoms with van der Waals surface area (Å²) in [6, 6.07) is 6.92.